The second kappa shape index (κ2) is 6.56. The van der Waals surface area contributed by atoms with Gasteiger partial charge >= 0.3 is 0 Å². The molecule has 0 bridgehead atoms. The molecule has 3 N–H and O–H groups in total. The van der Waals surface area contributed by atoms with Crippen LogP contribution in [-0.4, -0.2) is 24.9 Å². The molecule has 3 heterocycles. The predicted octanol–water partition coefficient (Wildman–Crippen LogP) is 3.41. The maximum atomic E-state index is 4.51. The van der Waals surface area contributed by atoms with Gasteiger partial charge in [-0.3, -0.25) is 10.3 Å². The van der Waals surface area contributed by atoms with Crippen LogP contribution in [0.15, 0.2) is 54.9 Å². The molecule has 4 aromatic rings. The quantitative estimate of drug-likeness (QED) is 0.519. The number of hydrogen-bond donors (Lipinski definition) is 3. The van der Waals surface area contributed by atoms with E-state index in [2.05, 4.69) is 35.6 Å². The van der Waals surface area contributed by atoms with Crippen LogP contribution in [0.2, 0.25) is 0 Å². The van der Waals surface area contributed by atoms with Gasteiger partial charge in [0.2, 0.25) is 11.9 Å². The smallest absolute Gasteiger partial charge is 0.231 e. The number of anilines is 3. The zero-order chi connectivity index (χ0) is 17.1. The van der Waals surface area contributed by atoms with Crippen molar-refractivity contribution in [2.45, 2.75) is 13.5 Å². The number of aryl methyl sites for hydroxylation is 1. The van der Waals surface area contributed by atoms with Crippen molar-refractivity contribution in [2.24, 2.45) is 0 Å². The minimum atomic E-state index is 0.497. The van der Waals surface area contributed by atoms with E-state index in [-0.39, 0.29) is 0 Å². The van der Waals surface area contributed by atoms with E-state index in [1.807, 2.05) is 49.4 Å². The number of imidazole rings is 1. The minimum Gasteiger partial charge on any atom is -0.366 e. The highest BCUT2D eigenvalue weighted by atomic mass is 15.2. The van der Waals surface area contributed by atoms with E-state index in [4.69, 9.17) is 0 Å². The van der Waals surface area contributed by atoms with Gasteiger partial charge in [-0.2, -0.15) is 4.98 Å². The molecule has 0 fully saturated rings. The monoisotopic (exact) mass is 331 g/mol. The molecule has 1 aromatic carbocycles. The Labute approximate surface area is 144 Å². The van der Waals surface area contributed by atoms with Gasteiger partial charge in [-0.05, 0) is 36.8 Å². The number of aromatic nitrogens is 5. The van der Waals surface area contributed by atoms with Crippen molar-refractivity contribution < 1.29 is 0 Å². The van der Waals surface area contributed by atoms with Crippen molar-refractivity contribution in [3.05, 3.63) is 66.1 Å². The number of benzene rings is 1. The van der Waals surface area contributed by atoms with Gasteiger partial charge in [0.05, 0.1) is 11.0 Å². The molecule has 25 heavy (non-hydrogen) atoms. The molecule has 0 saturated carbocycles. The molecule has 4 rings (SSSR count). The van der Waals surface area contributed by atoms with Crippen LogP contribution in [0.5, 0.6) is 0 Å². The van der Waals surface area contributed by atoms with Crippen molar-refractivity contribution in [3.8, 4) is 0 Å². The van der Waals surface area contributed by atoms with Crippen molar-refractivity contribution in [1.29, 1.82) is 0 Å². The molecule has 0 saturated heterocycles. The zero-order valence-electron chi connectivity index (χ0n) is 13.7. The topological polar surface area (TPSA) is 91.4 Å². The molecule has 7 heteroatoms. The van der Waals surface area contributed by atoms with Gasteiger partial charge < -0.3 is 10.3 Å². The largest absolute Gasteiger partial charge is 0.366 e. The first kappa shape index (κ1) is 15.1. The number of hydrogen-bond acceptors (Lipinski definition) is 6. The lowest BCUT2D eigenvalue weighted by molar-refractivity contribution is 1.05. The Kier molecular flexibility index (Phi) is 3.96. The number of para-hydroxylation sites is 2. The molecule has 0 spiro atoms. The molecule has 0 aliphatic heterocycles. The third-order valence-corrected chi connectivity index (χ3v) is 3.70. The van der Waals surface area contributed by atoms with Gasteiger partial charge in [-0.15, -0.1) is 0 Å². The Bertz CT molecular complexity index is 962. The molecule has 0 radical (unpaired) electrons. The van der Waals surface area contributed by atoms with Gasteiger partial charge in [0.25, 0.3) is 0 Å². The number of H-pyrrole nitrogens is 1. The highest BCUT2D eigenvalue weighted by molar-refractivity contribution is 5.77. The van der Waals surface area contributed by atoms with Crippen molar-refractivity contribution in [1.82, 2.24) is 24.9 Å². The molecule has 0 unspecified atom stereocenters. The Morgan fingerprint density at radius 2 is 1.84 bits per heavy atom. The summed E-state index contributed by atoms with van der Waals surface area (Å²) in [6.45, 7) is 2.60. The Hall–Kier alpha value is -3.48. The third-order valence-electron chi connectivity index (χ3n) is 3.70. The summed E-state index contributed by atoms with van der Waals surface area (Å²) >= 11 is 0. The van der Waals surface area contributed by atoms with Crippen molar-refractivity contribution >= 4 is 28.7 Å². The van der Waals surface area contributed by atoms with Gasteiger partial charge in [-0.25, -0.2) is 9.97 Å². The van der Waals surface area contributed by atoms with E-state index in [1.54, 1.807) is 12.4 Å². The Morgan fingerprint density at radius 3 is 2.68 bits per heavy atom. The van der Waals surface area contributed by atoms with E-state index in [1.165, 1.54) is 0 Å². The van der Waals surface area contributed by atoms with E-state index >= 15 is 0 Å². The fraction of sp³-hybridized carbons (Fsp3) is 0.111. The first-order chi connectivity index (χ1) is 12.3. The molecule has 124 valence electrons. The van der Waals surface area contributed by atoms with Gasteiger partial charge in [0, 0.05) is 30.7 Å². The van der Waals surface area contributed by atoms with Crippen molar-refractivity contribution in [2.75, 3.05) is 10.6 Å². The predicted molar refractivity (Wildman–Crippen MR) is 97.7 cm³/mol. The minimum absolute atomic E-state index is 0.497. The highest BCUT2D eigenvalue weighted by Crippen LogP contribution is 2.17. The highest BCUT2D eigenvalue weighted by Gasteiger charge is 2.06. The summed E-state index contributed by atoms with van der Waals surface area (Å²) in [5.41, 5.74) is 3.87. The molecule has 0 aliphatic carbocycles. The number of pyridine rings is 1. The van der Waals surface area contributed by atoms with E-state index < -0.39 is 0 Å². The molecule has 0 amide bonds. The Morgan fingerprint density at radius 1 is 1.00 bits per heavy atom. The lowest BCUT2D eigenvalue weighted by Gasteiger charge is -2.08. The molecule has 3 aromatic heterocycles. The maximum Gasteiger partial charge on any atom is 0.231 e. The average Bonchev–Trinajstić information content (AvgIpc) is 3.02. The normalized spacial score (nSPS) is 10.8. The summed E-state index contributed by atoms with van der Waals surface area (Å²) in [7, 11) is 0. The van der Waals surface area contributed by atoms with Crippen LogP contribution in [0, 0.1) is 6.92 Å². The SMILES string of the molecule is Cc1cc(NCc2ccncc2)nc(Nc2nc3ccccc3[nH]2)n1. The fourth-order valence-corrected chi connectivity index (χ4v) is 2.53. The van der Waals surface area contributed by atoms with Crippen LogP contribution < -0.4 is 10.6 Å². The van der Waals surface area contributed by atoms with Crippen LogP contribution in [0.4, 0.5) is 17.7 Å². The molecule has 7 nitrogen and oxygen atoms in total. The number of nitrogens with zero attached hydrogens (tertiary/aromatic N) is 4. The van der Waals surface area contributed by atoms with E-state index in [0.29, 0.717) is 18.4 Å². The number of aromatic amines is 1. The van der Waals surface area contributed by atoms with Gasteiger partial charge in [0.15, 0.2) is 0 Å². The van der Waals surface area contributed by atoms with Crippen LogP contribution in [0.3, 0.4) is 0 Å². The summed E-state index contributed by atoms with van der Waals surface area (Å²) in [5, 5.41) is 6.44. The lowest BCUT2D eigenvalue weighted by atomic mass is 10.3. The van der Waals surface area contributed by atoms with Crippen molar-refractivity contribution in [3.63, 3.8) is 0 Å². The van der Waals surface area contributed by atoms with Gasteiger partial charge in [-0.1, -0.05) is 12.1 Å². The molecule has 0 atom stereocenters. The van der Waals surface area contributed by atoms with Crippen LogP contribution in [-0.2, 0) is 6.54 Å². The van der Waals surface area contributed by atoms with E-state index in [9.17, 15) is 0 Å². The third kappa shape index (κ3) is 3.55. The summed E-state index contributed by atoms with van der Waals surface area (Å²) in [4.78, 5) is 20.6. The second-order valence-electron chi connectivity index (χ2n) is 5.65. The standard InChI is InChI=1S/C18H17N7/c1-12-10-16(20-11-13-6-8-19-9-7-13)24-17(21-12)25-18-22-14-4-2-3-5-15(14)23-18/h2-10H,11H2,1H3,(H3,20,21,22,23,24,25). The zero-order valence-corrected chi connectivity index (χ0v) is 13.7. The summed E-state index contributed by atoms with van der Waals surface area (Å²) in [5.74, 6) is 1.87. The summed E-state index contributed by atoms with van der Waals surface area (Å²) < 4.78 is 0. The summed E-state index contributed by atoms with van der Waals surface area (Å²) in [6, 6.07) is 13.7. The molecular formula is C18H17N7. The second-order valence-corrected chi connectivity index (χ2v) is 5.65. The molecule has 0 aliphatic rings. The summed E-state index contributed by atoms with van der Waals surface area (Å²) in [6.07, 6.45) is 3.55. The van der Waals surface area contributed by atoms with Crippen LogP contribution >= 0.6 is 0 Å². The number of nitrogens with one attached hydrogen (secondary N) is 3. The van der Waals surface area contributed by atoms with Crippen LogP contribution in [0.1, 0.15) is 11.3 Å². The molecular weight excluding hydrogens is 314 g/mol. The maximum absolute atomic E-state index is 4.51. The first-order valence-corrected chi connectivity index (χ1v) is 7.96. The van der Waals surface area contributed by atoms with E-state index in [0.717, 1.165) is 28.1 Å². The first-order valence-electron chi connectivity index (χ1n) is 7.96. The lowest BCUT2D eigenvalue weighted by Crippen LogP contribution is -2.06. The van der Waals surface area contributed by atoms with Gasteiger partial charge in [0.1, 0.15) is 5.82 Å². The number of rotatable bonds is 5. The number of fused-ring (bicyclic) bond motifs is 1. The Balaban J connectivity index is 1.52. The average molecular weight is 331 g/mol. The van der Waals surface area contributed by atoms with Crippen LogP contribution in [0.25, 0.3) is 11.0 Å². The fourth-order valence-electron chi connectivity index (χ4n) is 2.53.